The number of ether oxygens (including phenoxy) is 1. The number of nitrogens with one attached hydrogen (secondary N) is 2. The molecule has 0 radical (unpaired) electrons. The second-order valence-electron chi connectivity index (χ2n) is 6.83. The molecular weight excluding hydrogens is 396 g/mol. The van der Waals surface area contributed by atoms with Gasteiger partial charge in [-0.25, -0.2) is 0 Å². The summed E-state index contributed by atoms with van der Waals surface area (Å²) in [6.07, 6.45) is 0. The van der Waals surface area contributed by atoms with Crippen LogP contribution in [0.3, 0.4) is 0 Å². The molecule has 6 heteroatoms. The van der Waals surface area contributed by atoms with E-state index in [0.717, 1.165) is 16.1 Å². The molecule has 0 spiro atoms. The smallest absolute Gasteiger partial charge is 0.262 e. The number of rotatable bonds is 8. The van der Waals surface area contributed by atoms with Crippen molar-refractivity contribution in [3.05, 3.63) is 83.9 Å². The van der Waals surface area contributed by atoms with Crippen LogP contribution in [0.5, 0.6) is 5.75 Å². The highest BCUT2D eigenvalue weighted by Gasteiger charge is 2.07. The Kier molecular flexibility index (Phi) is 7.51. The van der Waals surface area contributed by atoms with Gasteiger partial charge in [0.25, 0.3) is 5.91 Å². The van der Waals surface area contributed by atoms with Gasteiger partial charge in [0, 0.05) is 16.3 Å². The molecule has 0 aliphatic rings. The lowest BCUT2D eigenvalue weighted by atomic mass is 10.1. The minimum atomic E-state index is -0.230. The van der Waals surface area contributed by atoms with E-state index in [1.165, 1.54) is 17.3 Å². The molecular formula is C24H24N2O3S. The van der Waals surface area contributed by atoms with Crippen LogP contribution in [0.1, 0.15) is 11.1 Å². The molecule has 0 heterocycles. The number of hydrogen-bond donors (Lipinski definition) is 2. The molecule has 0 aliphatic carbocycles. The Morgan fingerprint density at radius 2 is 1.60 bits per heavy atom. The summed E-state index contributed by atoms with van der Waals surface area (Å²) in [5, 5.41) is 5.74. The van der Waals surface area contributed by atoms with Crippen molar-refractivity contribution in [3.8, 4) is 5.75 Å². The first-order valence-electron chi connectivity index (χ1n) is 9.57. The number of benzene rings is 3. The Labute approximate surface area is 180 Å². The third-order valence-electron chi connectivity index (χ3n) is 4.28. The molecule has 0 fully saturated rings. The molecule has 0 bridgehead atoms. The first kappa shape index (κ1) is 21.5. The molecule has 3 rings (SSSR count). The number of aryl methyl sites for hydroxylation is 2. The van der Waals surface area contributed by atoms with Crippen molar-refractivity contribution in [2.45, 2.75) is 18.7 Å². The number of para-hydroxylation sites is 1. The minimum Gasteiger partial charge on any atom is -0.484 e. The van der Waals surface area contributed by atoms with Crippen molar-refractivity contribution in [2.75, 3.05) is 23.0 Å². The maximum absolute atomic E-state index is 12.2. The lowest BCUT2D eigenvalue weighted by Crippen LogP contribution is -2.20. The molecule has 2 N–H and O–H groups in total. The number of anilines is 2. The van der Waals surface area contributed by atoms with Crippen molar-refractivity contribution >= 4 is 35.0 Å². The van der Waals surface area contributed by atoms with Gasteiger partial charge in [-0.1, -0.05) is 35.9 Å². The van der Waals surface area contributed by atoms with Gasteiger partial charge in [-0.15, -0.1) is 11.8 Å². The van der Waals surface area contributed by atoms with E-state index in [2.05, 4.69) is 10.6 Å². The first-order chi connectivity index (χ1) is 14.5. The topological polar surface area (TPSA) is 67.4 Å². The van der Waals surface area contributed by atoms with E-state index in [1.54, 1.807) is 12.1 Å². The van der Waals surface area contributed by atoms with E-state index in [-0.39, 0.29) is 18.4 Å². The average Bonchev–Trinajstić information content (AvgIpc) is 2.74. The molecule has 2 amide bonds. The van der Waals surface area contributed by atoms with Gasteiger partial charge in [-0.3, -0.25) is 9.59 Å². The molecule has 3 aromatic rings. The SMILES string of the molecule is Cc1ccc(NC(=O)CSc2ccc(NC(=O)COc3ccccc3)cc2)c(C)c1. The number of amides is 2. The monoisotopic (exact) mass is 420 g/mol. The highest BCUT2D eigenvalue weighted by Crippen LogP contribution is 2.22. The van der Waals surface area contributed by atoms with Gasteiger partial charge in [0.15, 0.2) is 6.61 Å². The fourth-order valence-corrected chi connectivity index (χ4v) is 3.48. The van der Waals surface area contributed by atoms with Gasteiger partial charge in [0.1, 0.15) is 5.75 Å². The van der Waals surface area contributed by atoms with Crippen molar-refractivity contribution in [2.24, 2.45) is 0 Å². The second kappa shape index (κ2) is 10.5. The molecule has 30 heavy (non-hydrogen) atoms. The van der Waals surface area contributed by atoms with Crippen LogP contribution >= 0.6 is 11.8 Å². The van der Waals surface area contributed by atoms with Gasteiger partial charge in [-0.05, 0) is 61.9 Å². The quantitative estimate of drug-likeness (QED) is 0.500. The molecule has 0 aromatic heterocycles. The zero-order valence-electron chi connectivity index (χ0n) is 17.0. The van der Waals surface area contributed by atoms with Crippen LogP contribution in [0, 0.1) is 13.8 Å². The van der Waals surface area contributed by atoms with Crippen LogP contribution in [0.15, 0.2) is 77.7 Å². The van der Waals surface area contributed by atoms with Gasteiger partial charge >= 0.3 is 0 Å². The van der Waals surface area contributed by atoms with E-state index in [9.17, 15) is 9.59 Å². The van der Waals surface area contributed by atoms with E-state index in [0.29, 0.717) is 17.2 Å². The molecule has 5 nitrogen and oxygen atoms in total. The number of thioether (sulfide) groups is 1. The Hall–Kier alpha value is -3.25. The summed E-state index contributed by atoms with van der Waals surface area (Å²) >= 11 is 1.44. The fraction of sp³-hybridized carbons (Fsp3) is 0.167. The zero-order chi connectivity index (χ0) is 21.3. The fourth-order valence-electron chi connectivity index (χ4n) is 2.79. The highest BCUT2D eigenvalue weighted by atomic mass is 32.2. The maximum Gasteiger partial charge on any atom is 0.262 e. The summed E-state index contributed by atoms with van der Waals surface area (Å²) in [6, 6.07) is 22.5. The second-order valence-corrected chi connectivity index (χ2v) is 7.88. The zero-order valence-corrected chi connectivity index (χ0v) is 17.8. The van der Waals surface area contributed by atoms with E-state index < -0.39 is 0 Å². The number of hydrogen-bond acceptors (Lipinski definition) is 4. The summed E-state index contributed by atoms with van der Waals surface area (Å²) < 4.78 is 5.43. The average molecular weight is 421 g/mol. The van der Waals surface area contributed by atoms with Crippen LogP contribution in [-0.4, -0.2) is 24.2 Å². The predicted molar refractivity (Wildman–Crippen MR) is 122 cm³/mol. The maximum atomic E-state index is 12.2. The molecule has 0 saturated heterocycles. The normalized spacial score (nSPS) is 10.3. The summed E-state index contributed by atoms with van der Waals surface area (Å²) in [6.45, 7) is 3.95. The Bertz CT molecular complexity index is 1000. The summed E-state index contributed by atoms with van der Waals surface area (Å²) in [5.74, 6) is 0.678. The van der Waals surface area contributed by atoms with Crippen molar-refractivity contribution in [3.63, 3.8) is 0 Å². The van der Waals surface area contributed by atoms with Crippen LogP contribution < -0.4 is 15.4 Å². The molecule has 0 aliphatic heterocycles. The highest BCUT2D eigenvalue weighted by molar-refractivity contribution is 8.00. The van der Waals surface area contributed by atoms with E-state index in [4.69, 9.17) is 4.74 Å². The predicted octanol–water partition coefficient (Wildman–Crippen LogP) is 5.05. The van der Waals surface area contributed by atoms with Crippen LogP contribution in [0.2, 0.25) is 0 Å². The molecule has 154 valence electrons. The van der Waals surface area contributed by atoms with E-state index in [1.807, 2.05) is 74.5 Å². The van der Waals surface area contributed by atoms with Gasteiger partial charge in [0.05, 0.1) is 5.75 Å². The lowest BCUT2D eigenvalue weighted by Gasteiger charge is -2.10. The summed E-state index contributed by atoms with van der Waals surface area (Å²) in [5.41, 5.74) is 3.73. The van der Waals surface area contributed by atoms with Gasteiger partial charge in [-0.2, -0.15) is 0 Å². The number of carbonyl (C=O) groups excluding carboxylic acids is 2. The van der Waals surface area contributed by atoms with Crippen LogP contribution in [-0.2, 0) is 9.59 Å². The van der Waals surface area contributed by atoms with Gasteiger partial charge in [0.2, 0.25) is 5.91 Å². The van der Waals surface area contributed by atoms with Crippen molar-refractivity contribution < 1.29 is 14.3 Å². The summed E-state index contributed by atoms with van der Waals surface area (Å²) in [7, 11) is 0. The largest absolute Gasteiger partial charge is 0.484 e. The van der Waals surface area contributed by atoms with Gasteiger partial charge < -0.3 is 15.4 Å². The molecule has 0 saturated carbocycles. The molecule has 0 atom stereocenters. The molecule has 3 aromatic carbocycles. The standard InChI is InChI=1S/C24H24N2O3S/c1-17-8-13-22(18(2)14-17)26-24(28)16-30-21-11-9-19(10-12-21)25-23(27)15-29-20-6-4-3-5-7-20/h3-14H,15-16H2,1-2H3,(H,25,27)(H,26,28). The first-order valence-corrected chi connectivity index (χ1v) is 10.6. The van der Waals surface area contributed by atoms with E-state index >= 15 is 0 Å². The Morgan fingerprint density at radius 3 is 2.30 bits per heavy atom. The minimum absolute atomic E-state index is 0.0533. The van der Waals surface area contributed by atoms with Crippen molar-refractivity contribution in [1.29, 1.82) is 0 Å². The third-order valence-corrected chi connectivity index (χ3v) is 5.29. The van der Waals surface area contributed by atoms with Crippen LogP contribution in [0.4, 0.5) is 11.4 Å². The van der Waals surface area contributed by atoms with Crippen molar-refractivity contribution in [1.82, 2.24) is 0 Å². The van der Waals surface area contributed by atoms with Crippen LogP contribution in [0.25, 0.3) is 0 Å². The number of carbonyl (C=O) groups is 2. The Balaban J connectivity index is 1.43. The third kappa shape index (κ3) is 6.67. The molecule has 0 unspecified atom stereocenters. The Morgan fingerprint density at radius 1 is 0.867 bits per heavy atom. The lowest BCUT2D eigenvalue weighted by molar-refractivity contribution is -0.118. The summed E-state index contributed by atoms with van der Waals surface area (Å²) in [4.78, 5) is 25.2.